The number of esters is 1. The SMILES string of the molecule is CC(C)C1NC(=O)C(C)(C)/C=C/c2ccc3ccc(nc3c2)[C@@H](C)OC(=O)C2CCCN(N2)C(=O)C(Cc2cscn2)NC1=O. The molecule has 0 aliphatic carbocycles. The van der Waals surface area contributed by atoms with E-state index in [1.807, 2.05) is 55.6 Å². The van der Waals surface area contributed by atoms with Gasteiger partial charge in [0, 0.05) is 23.7 Å². The third kappa shape index (κ3) is 7.56. The van der Waals surface area contributed by atoms with Crippen molar-refractivity contribution in [2.24, 2.45) is 11.3 Å². The molecule has 2 aromatic heterocycles. The van der Waals surface area contributed by atoms with Gasteiger partial charge in [-0.3, -0.25) is 24.2 Å². The van der Waals surface area contributed by atoms with Crippen molar-refractivity contribution in [2.45, 2.75) is 78.1 Å². The summed E-state index contributed by atoms with van der Waals surface area (Å²) >= 11 is 1.39. The third-order valence-corrected chi connectivity index (χ3v) is 8.84. The van der Waals surface area contributed by atoms with E-state index in [1.54, 1.807) is 32.4 Å². The summed E-state index contributed by atoms with van der Waals surface area (Å²) < 4.78 is 5.82. The van der Waals surface area contributed by atoms with E-state index in [9.17, 15) is 19.2 Å². The van der Waals surface area contributed by atoms with Crippen LogP contribution in [0.1, 0.15) is 70.5 Å². The first-order chi connectivity index (χ1) is 21.4. The van der Waals surface area contributed by atoms with Crippen LogP contribution in [0.25, 0.3) is 17.0 Å². The van der Waals surface area contributed by atoms with Crippen LogP contribution in [0.4, 0.5) is 0 Å². The number of cyclic esters (lactones) is 1. The summed E-state index contributed by atoms with van der Waals surface area (Å²) in [6.07, 6.45) is 4.22. The number of nitrogens with zero attached hydrogens (tertiary/aromatic N) is 3. The maximum atomic E-state index is 13.9. The molecule has 4 heterocycles. The van der Waals surface area contributed by atoms with Crippen LogP contribution in [0.5, 0.6) is 0 Å². The Morgan fingerprint density at radius 2 is 1.89 bits per heavy atom. The van der Waals surface area contributed by atoms with Crippen LogP contribution < -0.4 is 16.1 Å². The second kappa shape index (κ2) is 13.5. The van der Waals surface area contributed by atoms with E-state index >= 15 is 0 Å². The molecule has 0 saturated carbocycles. The van der Waals surface area contributed by atoms with E-state index in [0.717, 1.165) is 16.5 Å². The molecule has 1 saturated heterocycles. The van der Waals surface area contributed by atoms with E-state index in [2.05, 4.69) is 21.0 Å². The Morgan fingerprint density at radius 1 is 1.11 bits per heavy atom. The maximum absolute atomic E-state index is 13.9. The van der Waals surface area contributed by atoms with Crippen molar-refractivity contribution in [1.82, 2.24) is 31.0 Å². The molecule has 1 fully saturated rings. The lowest BCUT2D eigenvalue weighted by Crippen LogP contribution is -2.62. The second-order valence-corrected chi connectivity index (χ2v) is 13.3. The highest BCUT2D eigenvalue weighted by molar-refractivity contribution is 7.07. The molecule has 5 bridgehead atoms. The Morgan fingerprint density at radius 3 is 2.62 bits per heavy atom. The Labute approximate surface area is 266 Å². The lowest BCUT2D eigenvalue weighted by atomic mass is 9.89. The lowest BCUT2D eigenvalue weighted by molar-refractivity contribution is -0.157. The Hall–Kier alpha value is -4.16. The zero-order chi connectivity index (χ0) is 32.3. The van der Waals surface area contributed by atoms with Crippen molar-refractivity contribution in [3.05, 3.63) is 64.2 Å². The summed E-state index contributed by atoms with van der Waals surface area (Å²) in [5.41, 5.74) is 6.55. The van der Waals surface area contributed by atoms with Gasteiger partial charge in [0.25, 0.3) is 5.91 Å². The average Bonchev–Trinajstić information content (AvgIpc) is 3.54. The van der Waals surface area contributed by atoms with Gasteiger partial charge in [-0.25, -0.2) is 15.4 Å². The number of pyridine rings is 1. The number of aromatic nitrogens is 2. The highest BCUT2D eigenvalue weighted by atomic mass is 32.1. The first-order valence-corrected chi connectivity index (χ1v) is 16.2. The van der Waals surface area contributed by atoms with E-state index in [4.69, 9.17) is 9.72 Å². The molecule has 0 spiro atoms. The van der Waals surface area contributed by atoms with Gasteiger partial charge in [-0.15, -0.1) is 11.3 Å². The topological polar surface area (TPSA) is 143 Å². The predicted octanol–water partition coefficient (Wildman–Crippen LogP) is 3.71. The fourth-order valence-corrected chi connectivity index (χ4v) is 5.92. The van der Waals surface area contributed by atoms with Gasteiger partial charge in [0.2, 0.25) is 11.8 Å². The summed E-state index contributed by atoms with van der Waals surface area (Å²) in [5, 5.41) is 9.92. The minimum absolute atomic E-state index is 0.151. The molecule has 1 aromatic carbocycles. The van der Waals surface area contributed by atoms with Crippen molar-refractivity contribution >= 4 is 52.0 Å². The number of nitrogens with one attached hydrogen (secondary N) is 3. The van der Waals surface area contributed by atoms with Crippen LogP contribution in [-0.2, 0) is 30.3 Å². The number of carbonyl (C=O) groups is 4. The van der Waals surface area contributed by atoms with Gasteiger partial charge in [0.05, 0.1) is 27.8 Å². The number of hydrogen-bond acceptors (Lipinski definition) is 9. The molecule has 4 atom stereocenters. The molecule has 238 valence electrons. The molecule has 3 N–H and O–H groups in total. The van der Waals surface area contributed by atoms with Crippen molar-refractivity contribution in [2.75, 3.05) is 6.54 Å². The minimum Gasteiger partial charge on any atom is -0.455 e. The van der Waals surface area contributed by atoms with E-state index in [-0.39, 0.29) is 18.2 Å². The van der Waals surface area contributed by atoms with E-state index < -0.39 is 47.4 Å². The van der Waals surface area contributed by atoms with Gasteiger partial charge in [-0.2, -0.15) is 0 Å². The number of carbonyl (C=O) groups excluding carboxylic acids is 4. The Bertz CT molecular complexity index is 1600. The summed E-state index contributed by atoms with van der Waals surface area (Å²) in [6.45, 7) is 9.36. The fourth-order valence-electron chi connectivity index (χ4n) is 5.35. The number of amides is 3. The molecular formula is C33H40N6O5S. The minimum atomic E-state index is -0.983. The smallest absolute Gasteiger partial charge is 0.325 e. The summed E-state index contributed by atoms with van der Waals surface area (Å²) in [4.78, 5) is 63.5. The number of hydrogen-bond donors (Lipinski definition) is 3. The number of thiazole rings is 1. The molecule has 2 aliphatic rings. The van der Waals surface area contributed by atoms with Crippen LogP contribution in [0.15, 0.2) is 47.3 Å². The number of hydrazine groups is 1. The van der Waals surface area contributed by atoms with Crippen LogP contribution >= 0.6 is 11.3 Å². The quantitative estimate of drug-likeness (QED) is 0.371. The fraction of sp³-hybridized carbons (Fsp3) is 0.455. The zero-order valence-electron chi connectivity index (χ0n) is 26.2. The molecule has 3 unspecified atom stereocenters. The standard InChI is InChI=1S/C33H40N6O5S/c1-19(2)28-29(40)36-27(16-23-17-45-18-34-23)30(41)39-14-6-7-25(38-39)31(42)44-20(3)24-11-10-22-9-8-21(15-26(22)35-24)12-13-33(4,5)32(43)37-28/h8-13,15,17-20,25,27-28,38H,6-7,14,16H2,1-5H3,(H,36,40)(H,37,43)/b13-12+/t20-,25?,27?,28?/m1/s1. The molecule has 12 heteroatoms. The largest absolute Gasteiger partial charge is 0.455 e. The van der Waals surface area contributed by atoms with Crippen molar-refractivity contribution in [3.63, 3.8) is 0 Å². The molecular weight excluding hydrogens is 592 g/mol. The highest BCUT2D eigenvalue weighted by Gasteiger charge is 2.37. The van der Waals surface area contributed by atoms with Gasteiger partial charge in [-0.1, -0.05) is 44.2 Å². The zero-order valence-corrected chi connectivity index (χ0v) is 27.0. The third-order valence-electron chi connectivity index (χ3n) is 8.21. The van der Waals surface area contributed by atoms with E-state index in [1.165, 1.54) is 16.3 Å². The molecule has 11 nitrogen and oxygen atoms in total. The Kier molecular flexibility index (Phi) is 9.64. The Balaban J connectivity index is 1.51. The first kappa shape index (κ1) is 32.2. The van der Waals surface area contributed by atoms with Crippen LogP contribution in [0, 0.1) is 11.3 Å². The van der Waals surface area contributed by atoms with Crippen molar-refractivity contribution < 1.29 is 23.9 Å². The summed E-state index contributed by atoms with van der Waals surface area (Å²) in [7, 11) is 0. The van der Waals surface area contributed by atoms with Gasteiger partial charge in [-0.05, 0) is 57.2 Å². The summed E-state index contributed by atoms with van der Waals surface area (Å²) in [5.74, 6) is -1.96. The van der Waals surface area contributed by atoms with Crippen LogP contribution in [0.3, 0.4) is 0 Å². The summed E-state index contributed by atoms with van der Waals surface area (Å²) in [6, 6.07) is 6.94. The number of fused-ring (bicyclic) bond motifs is 4. The monoisotopic (exact) mass is 632 g/mol. The van der Waals surface area contributed by atoms with Crippen LogP contribution in [0.2, 0.25) is 0 Å². The molecule has 2 aliphatic heterocycles. The molecule has 5 rings (SSSR count). The molecule has 3 amide bonds. The number of rotatable bonds is 3. The van der Waals surface area contributed by atoms with Crippen molar-refractivity contribution in [3.8, 4) is 0 Å². The number of benzene rings is 1. The molecule has 3 aromatic rings. The van der Waals surface area contributed by atoms with Gasteiger partial charge in [0.15, 0.2) is 0 Å². The molecule has 0 radical (unpaired) electrons. The first-order valence-electron chi connectivity index (χ1n) is 15.3. The predicted molar refractivity (Wildman–Crippen MR) is 171 cm³/mol. The highest BCUT2D eigenvalue weighted by Crippen LogP contribution is 2.25. The maximum Gasteiger partial charge on any atom is 0.325 e. The normalized spacial score (nSPS) is 25.5. The van der Waals surface area contributed by atoms with Crippen LogP contribution in [-0.4, -0.2) is 63.3 Å². The second-order valence-electron chi connectivity index (χ2n) is 12.6. The van der Waals surface area contributed by atoms with E-state index in [0.29, 0.717) is 30.8 Å². The van der Waals surface area contributed by atoms with Gasteiger partial charge < -0.3 is 15.4 Å². The van der Waals surface area contributed by atoms with Gasteiger partial charge in [0.1, 0.15) is 24.2 Å². The van der Waals surface area contributed by atoms with Gasteiger partial charge >= 0.3 is 5.97 Å². The average molecular weight is 633 g/mol. The number of ether oxygens (including phenoxy) is 1. The molecule has 45 heavy (non-hydrogen) atoms. The lowest BCUT2D eigenvalue weighted by Gasteiger charge is -2.35. The van der Waals surface area contributed by atoms with Crippen molar-refractivity contribution in [1.29, 1.82) is 0 Å².